The smallest absolute Gasteiger partial charge is 0.0406 e. The summed E-state index contributed by atoms with van der Waals surface area (Å²) < 4.78 is 3.53. The molecule has 15 heavy (non-hydrogen) atoms. The Morgan fingerprint density at radius 3 is 2.40 bits per heavy atom. The fraction of sp³-hybridized carbons (Fsp3) is 0.500. The standard InChI is InChI=1S/C12H16ClNS/c13-10-6-8-12(9-7-10)15-14-11-4-2-1-3-5-11/h6-9,11,14H,1-5H2. The predicted octanol–water partition coefficient (Wildman–Crippen LogP) is 4.27. The first-order valence-corrected chi connectivity index (χ1v) is 6.72. The summed E-state index contributed by atoms with van der Waals surface area (Å²) in [5.41, 5.74) is 0. The molecule has 1 aliphatic carbocycles. The van der Waals surface area contributed by atoms with Crippen LogP contribution in [0.4, 0.5) is 0 Å². The van der Waals surface area contributed by atoms with E-state index in [9.17, 15) is 0 Å². The molecule has 1 N–H and O–H groups in total. The van der Waals surface area contributed by atoms with Crippen LogP contribution in [0.1, 0.15) is 32.1 Å². The highest BCUT2D eigenvalue weighted by Crippen LogP contribution is 2.23. The van der Waals surface area contributed by atoms with Gasteiger partial charge in [-0.3, -0.25) is 4.72 Å². The number of rotatable bonds is 3. The molecule has 0 bridgehead atoms. The van der Waals surface area contributed by atoms with Gasteiger partial charge in [0.05, 0.1) is 0 Å². The van der Waals surface area contributed by atoms with E-state index in [1.165, 1.54) is 37.0 Å². The lowest BCUT2D eigenvalue weighted by atomic mass is 9.96. The number of halogens is 1. The second kappa shape index (κ2) is 5.78. The summed E-state index contributed by atoms with van der Waals surface area (Å²) in [6.45, 7) is 0. The van der Waals surface area contributed by atoms with Crippen molar-refractivity contribution in [3.63, 3.8) is 0 Å². The Bertz CT molecular complexity index is 293. The molecule has 1 fully saturated rings. The van der Waals surface area contributed by atoms with Crippen LogP contribution < -0.4 is 4.72 Å². The molecule has 0 unspecified atom stereocenters. The third kappa shape index (κ3) is 3.71. The van der Waals surface area contributed by atoms with E-state index in [-0.39, 0.29) is 0 Å². The van der Waals surface area contributed by atoms with Crippen molar-refractivity contribution in [1.82, 2.24) is 4.72 Å². The first-order valence-electron chi connectivity index (χ1n) is 5.52. The van der Waals surface area contributed by atoms with E-state index in [0.29, 0.717) is 6.04 Å². The van der Waals surface area contributed by atoms with Crippen LogP contribution in [-0.4, -0.2) is 6.04 Å². The van der Waals surface area contributed by atoms with Crippen LogP contribution in [0.2, 0.25) is 5.02 Å². The summed E-state index contributed by atoms with van der Waals surface area (Å²) in [5, 5.41) is 0.803. The molecule has 0 spiro atoms. The quantitative estimate of drug-likeness (QED) is 0.794. The molecule has 1 aromatic rings. The van der Waals surface area contributed by atoms with E-state index < -0.39 is 0 Å². The fourth-order valence-corrected chi connectivity index (χ4v) is 2.81. The van der Waals surface area contributed by atoms with Gasteiger partial charge in [0.2, 0.25) is 0 Å². The Morgan fingerprint density at radius 1 is 1.07 bits per heavy atom. The minimum Gasteiger partial charge on any atom is -0.257 e. The zero-order chi connectivity index (χ0) is 10.5. The fourth-order valence-electron chi connectivity index (χ4n) is 1.87. The Hall–Kier alpha value is -0.180. The number of hydrogen-bond acceptors (Lipinski definition) is 2. The average Bonchev–Trinajstić information content (AvgIpc) is 2.30. The maximum atomic E-state index is 5.83. The molecule has 0 saturated heterocycles. The Morgan fingerprint density at radius 2 is 1.73 bits per heavy atom. The first-order chi connectivity index (χ1) is 7.34. The zero-order valence-electron chi connectivity index (χ0n) is 8.71. The molecule has 1 aliphatic rings. The number of nitrogens with one attached hydrogen (secondary N) is 1. The molecule has 0 atom stereocenters. The molecule has 0 aliphatic heterocycles. The minimum atomic E-state index is 0.694. The van der Waals surface area contributed by atoms with Crippen LogP contribution in [0.15, 0.2) is 29.2 Å². The Labute approximate surface area is 101 Å². The van der Waals surface area contributed by atoms with Gasteiger partial charge in [-0.1, -0.05) is 30.9 Å². The first kappa shape index (κ1) is 11.3. The largest absolute Gasteiger partial charge is 0.257 e. The van der Waals surface area contributed by atoms with Gasteiger partial charge in [0.25, 0.3) is 0 Å². The summed E-state index contributed by atoms with van der Waals surface area (Å²) in [6, 6.07) is 8.68. The average molecular weight is 242 g/mol. The lowest BCUT2D eigenvalue weighted by molar-refractivity contribution is 0.423. The van der Waals surface area contributed by atoms with E-state index in [4.69, 9.17) is 11.6 Å². The third-order valence-electron chi connectivity index (χ3n) is 2.76. The summed E-state index contributed by atoms with van der Waals surface area (Å²) in [4.78, 5) is 1.24. The topological polar surface area (TPSA) is 12.0 Å². The highest BCUT2D eigenvalue weighted by molar-refractivity contribution is 7.97. The second-order valence-electron chi connectivity index (χ2n) is 4.01. The predicted molar refractivity (Wildman–Crippen MR) is 67.3 cm³/mol. The van der Waals surface area contributed by atoms with Gasteiger partial charge < -0.3 is 0 Å². The van der Waals surface area contributed by atoms with Crippen molar-refractivity contribution in [3.05, 3.63) is 29.3 Å². The van der Waals surface area contributed by atoms with Crippen molar-refractivity contribution >= 4 is 23.5 Å². The van der Waals surface area contributed by atoms with Gasteiger partial charge in [0.1, 0.15) is 0 Å². The Balaban J connectivity index is 1.79. The van der Waals surface area contributed by atoms with Crippen LogP contribution in [0, 0.1) is 0 Å². The molecule has 2 rings (SSSR count). The molecule has 82 valence electrons. The lowest BCUT2D eigenvalue weighted by Gasteiger charge is -2.22. The maximum Gasteiger partial charge on any atom is 0.0406 e. The summed E-state index contributed by atoms with van der Waals surface area (Å²) >= 11 is 7.56. The van der Waals surface area contributed by atoms with E-state index in [1.807, 2.05) is 12.1 Å². The molecule has 3 heteroatoms. The van der Waals surface area contributed by atoms with E-state index in [2.05, 4.69) is 16.9 Å². The molecule has 0 aromatic heterocycles. The van der Waals surface area contributed by atoms with Crippen LogP contribution in [0.3, 0.4) is 0 Å². The maximum absolute atomic E-state index is 5.83. The van der Waals surface area contributed by atoms with Crippen molar-refractivity contribution in [2.45, 2.75) is 43.0 Å². The van der Waals surface area contributed by atoms with Crippen molar-refractivity contribution in [3.8, 4) is 0 Å². The lowest BCUT2D eigenvalue weighted by Crippen LogP contribution is -2.25. The highest BCUT2D eigenvalue weighted by atomic mass is 35.5. The van der Waals surface area contributed by atoms with E-state index in [1.54, 1.807) is 11.9 Å². The van der Waals surface area contributed by atoms with E-state index in [0.717, 1.165) is 5.02 Å². The summed E-state index contributed by atoms with van der Waals surface area (Å²) in [7, 11) is 0. The second-order valence-corrected chi connectivity index (χ2v) is 5.36. The van der Waals surface area contributed by atoms with Crippen molar-refractivity contribution in [1.29, 1.82) is 0 Å². The van der Waals surface area contributed by atoms with Gasteiger partial charge in [-0.2, -0.15) is 0 Å². The third-order valence-corrected chi connectivity index (χ3v) is 3.97. The van der Waals surface area contributed by atoms with Crippen molar-refractivity contribution in [2.24, 2.45) is 0 Å². The summed E-state index contributed by atoms with van der Waals surface area (Å²) in [5.74, 6) is 0. The van der Waals surface area contributed by atoms with Gasteiger partial charge in [-0.25, -0.2) is 0 Å². The molecule has 1 nitrogen and oxygen atoms in total. The normalized spacial score (nSPS) is 17.9. The number of benzene rings is 1. The van der Waals surface area contributed by atoms with Crippen LogP contribution in [0.25, 0.3) is 0 Å². The summed E-state index contributed by atoms with van der Waals surface area (Å²) in [6.07, 6.45) is 6.79. The van der Waals surface area contributed by atoms with E-state index >= 15 is 0 Å². The molecule has 1 aromatic carbocycles. The molecular weight excluding hydrogens is 226 g/mol. The zero-order valence-corrected chi connectivity index (χ0v) is 10.3. The molecule has 1 saturated carbocycles. The van der Waals surface area contributed by atoms with Gasteiger partial charge >= 0.3 is 0 Å². The molecule has 0 radical (unpaired) electrons. The van der Waals surface area contributed by atoms with Crippen molar-refractivity contribution in [2.75, 3.05) is 0 Å². The minimum absolute atomic E-state index is 0.694. The Kier molecular flexibility index (Phi) is 4.36. The molecular formula is C12H16ClNS. The van der Waals surface area contributed by atoms with Crippen LogP contribution in [-0.2, 0) is 0 Å². The highest BCUT2D eigenvalue weighted by Gasteiger charge is 2.12. The molecule has 0 amide bonds. The van der Waals surface area contributed by atoms with Crippen molar-refractivity contribution < 1.29 is 0 Å². The van der Waals surface area contributed by atoms with Gasteiger partial charge in [0.15, 0.2) is 0 Å². The van der Waals surface area contributed by atoms with Gasteiger partial charge in [-0.05, 0) is 49.1 Å². The van der Waals surface area contributed by atoms with Gasteiger partial charge in [0, 0.05) is 16.0 Å². The van der Waals surface area contributed by atoms with Crippen LogP contribution >= 0.6 is 23.5 Å². The SMILES string of the molecule is Clc1ccc(SNC2CCCCC2)cc1. The number of hydrogen-bond donors (Lipinski definition) is 1. The van der Waals surface area contributed by atoms with Gasteiger partial charge in [-0.15, -0.1) is 0 Å². The van der Waals surface area contributed by atoms with Crippen LogP contribution in [0.5, 0.6) is 0 Å². The monoisotopic (exact) mass is 241 g/mol. The molecule has 0 heterocycles.